The molecule has 0 radical (unpaired) electrons. The first-order valence-corrected chi connectivity index (χ1v) is 12.1. The van der Waals surface area contributed by atoms with E-state index in [-0.39, 0.29) is 0 Å². The summed E-state index contributed by atoms with van der Waals surface area (Å²) in [5, 5.41) is 0. The summed E-state index contributed by atoms with van der Waals surface area (Å²) in [6.45, 7) is 26.6. The van der Waals surface area contributed by atoms with Crippen molar-refractivity contribution in [2.24, 2.45) is 22.7 Å². The van der Waals surface area contributed by atoms with Crippen molar-refractivity contribution in [2.45, 2.75) is 141 Å². The average Bonchev–Trinajstić information content (AvgIpc) is 3.27. The van der Waals surface area contributed by atoms with E-state index in [2.05, 4.69) is 95.2 Å². The highest BCUT2D eigenvalue weighted by Gasteiger charge is 2.27. The van der Waals surface area contributed by atoms with Crippen LogP contribution in [0.25, 0.3) is 0 Å². The molecule has 2 rings (SSSR count). The van der Waals surface area contributed by atoms with E-state index in [0.717, 1.165) is 11.8 Å². The van der Waals surface area contributed by atoms with Gasteiger partial charge in [0.05, 0.1) is 0 Å². The summed E-state index contributed by atoms with van der Waals surface area (Å²) >= 11 is 0. The Morgan fingerprint density at radius 3 is 1.15 bits per heavy atom. The summed E-state index contributed by atoms with van der Waals surface area (Å²) in [7, 11) is 0. The molecule has 2 aliphatic rings. The van der Waals surface area contributed by atoms with Crippen LogP contribution in [0.1, 0.15) is 141 Å². The summed E-state index contributed by atoms with van der Waals surface area (Å²) in [6.07, 6.45) is 17.3. The molecule has 0 aromatic heterocycles. The molecule has 0 heteroatoms. The van der Waals surface area contributed by atoms with Gasteiger partial charge in [-0.3, -0.25) is 0 Å². The Balaban J connectivity index is -0.000000290. The van der Waals surface area contributed by atoms with Gasteiger partial charge in [-0.15, -0.1) is 0 Å². The fourth-order valence-electron chi connectivity index (χ4n) is 1.38. The first-order chi connectivity index (χ1) is 12.4. The monoisotopic (exact) mass is 382 g/mol. The molecule has 2 saturated carbocycles. The van der Waals surface area contributed by atoms with Crippen LogP contribution >= 0.6 is 0 Å². The zero-order chi connectivity index (χ0) is 21.9. The second-order valence-electron chi connectivity index (χ2n) is 10.4. The maximum atomic E-state index is 2.36. The molecule has 0 aromatic rings. The van der Waals surface area contributed by atoms with Crippen LogP contribution in [0.15, 0.2) is 12.2 Å². The number of hydrogen-bond donors (Lipinski definition) is 0. The normalized spacial score (nSPS) is 16.7. The van der Waals surface area contributed by atoms with Gasteiger partial charge in [0.1, 0.15) is 0 Å². The standard InChI is InChI=1S/C9H16.C8H18.C4H8.2C3H8/c1-3-4-5-8(2)9-6-7-9;1-7(2,3)8(4,5)6;1-2-4-3-1;2*1-3-2/h4-5,8-9H,3,6-7H2,1-2H3;1-6H3;1-4H2;2*3H2,1-2H3/b5-4-;;;;. The second-order valence-corrected chi connectivity index (χ2v) is 10.4. The molecule has 0 aliphatic heterocycles. The molecule has 166 valence electrons. The maximum absolute atomic E-state index is 2.36. The Morgan fingerprint density at radius 2 is 1.00 bits per heavy atom. The third-order valence-electron chi connectivity index (χ3n) is 5.29. The van der Waals surface area contributed by atoms with E-state index in [1.165, 1.54) is 57.8 Å². The lowest BCUT2D eigenvalue weighted by Crippen LogP contribution is -2.25. The fourth-order valence-corrected chi connectivity index (χ4v) is 1.38. The van der Waals surface area contributed by atoms with Gasteiger partial charge in [0.25, 0.3) is 0 Å². The van der Waals surface area contributed by atoms with Crippen LogP contribution in [0.2, 0.25) is 0 Å². The number of allylic oxidation sites excluding steroid dienone is 2. The van der Waals surface area contributed by atoms with Crippen LogP contribution in [0, 0.1) is 22.7 Å². The van der Waals surface area contributed by atoms with E-state index < -0.39 is 0 Å². The molecule has 0 saturated heterocycles. The molecule has 0 spiro atoms. The minimum Gasteiger partial charge on any atom is -0.0885 e. The van der Waals surface area contributed by atoms with Gasteiger partial charge in [-0.2, -0.15) is 0 Å². The highest BCUT2D eigenvalue weighted by molar-refractivity contribution is 4.93. The predicted octanol–water partition coefficient (Wildman–Crippen LogP) is 10.5. The van der Waals surface area contributed by atoms with E-state index in [4.69, 9.17) is 0 Å². The van der Waals surface area contributed by atoms with E-state index >= 15 is 0 Å². The van der Waals surface area contributed by atoms with Crippen LogP contribution in [0.3, 0.4) is 0 Å². The van der Waals surface area contributed by atoms with Crippen LogP contribution < -0.4 is 0 Å². The van der Waals surface area contributed by atoms with Crippen molar-refractivity contribution in [1.82, 2.24) is 0 Å². The van der Waals surface area contributed by atoms with Crippen LogP contribution in [-0.2, 0) is 0 Å². The first kappa shape index (κ1) is 31.4. The Labute approximate surface area is 176 Å². The quantitative estimate of drug-likeness (QED) is 0.426. The summed E-state index contributed by atoms with van der Waals surface area (Å²) in [5.74, 6) is 1.89. The molecule has 2 aliphatic carbocycles. The van der Waals surface area contributed by atoms with Crippen molar-refractivity contribution in [1.29, 1.82) is 0 Å². The van der Waals surface area contributed by atoms with Gasteiger partial charge < -0.3 is 0 Å². The highest BCUT2D eigenvalue weighted by atomic mass is 14.3. The SMILES string of the molecule is C1CCC1.CC(C)(C)C(C)(C)C.CC/C=C\C(C)C1CC1.CCC.CCC. The highest BCUT2D eigenvalue weighted by Crippen LogP contribution is 2.37. The third kappa shape index (κ3) is 25.7. The largest absolute Gasteiger partial charge is 0.0885 e. The molecule has 27 heavy (non-hydrogen) atoms. The van der Waals surface area contributed by atoms with Gasteiger partial charge in [0, 0.05) is 0 Å². The Kier molecular flexibility index (Phi) is 22.2. The van der Waals surface area contributed by atoms with Crippen molar-refractivity contribution in [3.63, 3.8) is 0 Å². The van der Waals surface area contributed by atoms with Gasteiger partial charge in [-0.1, -0.05) is 134 Å². The van der Waals surface area contributed by atoms with Crippen molar-refractivity contribution in [3.05, 3.63) is 12.2 Å². The van der Waals surface area contributed by atoms with E-state index in [1.807, 2.05) is 0 Å². The minimum absolute atomic E-state index is 0.437. The van der Waals surface area contributed by atoms with Crippen LogP contribution in [0.5, 0.6) is 0 Å². The van der Waals surface area contributed by atoms with Gasteiger partial charge in [0.15, 0.2) is 0 Å². The molecule has 2 fully saturated rings. The zero-order valence-corrected chi connectivity index (χ0v) is 21.7. The Morgan fingerprint density at radius 1 is 0.704 bits per heavy atom. The molecule has 0 aromatic carbocycles. The number of rotatable bonds is 3. The topological polar surface area (TPSA) is 0 Å². The number of hydrogen-bond acceptors (Lipinski definition) is 0. The van der Waals surface area contributed by atoms with Crippen molar-refractivity contribution in [3.8, 4) is 0 Å². The zero-order valence-electron chi connectivity index (χ0n) is 21.7. The van der Waals surface area contributed by atoms with E-state index in [9.17, 15) is 0 Å². The van der Waals surface area contributed by atoms with Gasteiger partial charge in [0.2, 0.25) is 0 Å². The predicted molar refractivity (Wildman–Crippen MR) is 131 cm³/mol. The Bertz CT molecular complexity index is 271. The third-order valence-corrected chi connectivity index (χ3v) is 5.29. The Hall–Kier alpha value is -0.260. The lowest BCUT2D eigenvalue weighted by molar-refractivity contribution is 0.157. The molecule has 0 N–H and O–H groups in total. The summed E-state index contributed by atoms with van der Waals surface area (Å²) < 4.78 is 0. The molecule has 1 atom stereocenters. The molecule has 0 amide bonds. The van der Waals surface area contributed by atoms with Gasteiger partial charge >= 0.3 is 0 Å². The van der Waals surface area contributed by atoms with Crippen LogP contribution in [0.4, 0.5) is 0 Å². The lowest BCUT2D eigenvalue weighted by Gasteiger charge is -2.34. The van der Waals surface area contributed by atoms with Crippen molar-refractivity contribution >= 4 is 0 Å². The summed E-state index contributed by atoms with van der Waals surface area (Å²) in [6, 6.07) is 0. The molecule has 0 nitrogen and oxygen atoms in total. The van der Waals surface area contributed by atoms with Gasteiger partial charge in [-0.05, 0) is 41.9 Å². The molecular weight excluding hydrogens is 324 g/mol. The van der Waals surface area contributed by atoms with Crippen molar-refractivity contribution < 1.29 is 0 Å². The first-order valence-electron chi connectivity index (χ1n) is 12.1. The summed E-state index contributed by atoms with van der Waals surface area (Å²) in [5.41, 5.74) is 0.875. The molecular formula is C27H58. The van der Waals surface area contributed by atoms with Gasteiger partial charge in [-0.25, -0.2) is 0 Å². The molecule has 0 bridgehead atoms. The van der Waals surface area contributed by atoms with E-state index in [1.54, 1.807) is 0 Å². The van der Waals surface area contributed by atoms with Crippen LogP contribution in [-0.4, -0.2) is 0 Å². The fraction of sp³-hybridized carbons (Fsp3) is 0.926. The molecule has 0 heterocycles. The van der Waals surface area contributed by atoms with E-state index in [0.29, 0.717) is 10.8 Å². The summed E-state index contributed by atoms with van der Waals surface area (Å²) in [4.78, 5) is 0. The maximum Gasteiger partial charge on any atom is -0.0234 e. The lowest BCUT2D eigenvalue weighted by atomic mass is 9.71. The second kappa shape index (κ2) is 19.1. The smallest absolute Gasteiger partial charge is 0.0234 e. The van der Waals surface area contributed by atoms with Crippen molar-refractivity contribution in [2.75, 3.05) is 0 Å². The minimum atomic E-state index is 0.437. The molecule has 1 unspecified atom stereocenters. The average molecular weight is 383 g/mol.